The van der Waals surface area contributed by atoms with Gasteiger partial charge in [0, 0.05) is 49.4 Å². The number of anilines is 3. The lowest BCUT2D eigenvalue weighted by Gasteiger charge is -2.27. The molecule has 0 unspecified atom stereocenters. The Morgan fingerprint density at radius 2 is 0.766 bits per heavy atom. The topological polar surface area (TPSA) is 42.7 Å². The van der Waals surface area contributed by atoms with Crippen LogP contribution in [0, 0.1) is 0 Å². The molecule has 0 aliphatic carbocycles. The molecule has 0 saturated heterocycles. The number of hydrogen-bond acceptors (Lipinski definition) is 4. The van der Waals surface area contributed by atoms with E-state index in [1.165, 1.54) is 0 Å². The zero-order valence-electron chi connectivity index (χ0n) is 34.5. The summed E-state index contributed by atoms with van der Waals surface area (Å²) in [5, 5.41) is 6.30. The standard InChI is InChI=1S/C60H37NO3/c1-5-15-38(16-6-1)42-25-28-49-56(35-42)64-60-47(41-21-11-4-12-22-41)31-32-52(58(49)60)61(43-26-33-54-50(36-43)48-23-13-14-24-53(48)62-54)44-27-34-55-51(37-44)57-45(39-17-7-2-8-18-39)29-30-46(59(57)63-55)40-19-9-3-10-20-40/h1-37H. The van der Waals surface area contributed by atoms with Gasteiger partial charge in [0.15, 0.2) is 0 Å². The fraction of sp³-hybridized carbons (Fsp3) is 0. The lowest BCUT2D eigenvalue weighted by molar-refractivity contribution is 0.669. The van der Waals surface area contributed by atoms with Gasteiger partial charge in [-0.1, -0.05) is 152 Å². The van der Waals surface area contributed by atoms with E-state index in [4.69, 9.17) is 13.3 Å². The molecule has 0 spiro atoms. The summed E-state index contributed by atoms with van der Waals surface area (Å²) in [6.07, 6.45) is 0. The molecule has 4 nitrogen and oxygen atoms in total. The Bertz CT molecular complexity index is 3880. The number of furan rings is 3. The van der Waals surface area contributed by atoms with Crippen LogP contribution in [0.1, 0.15) is 0 Å². The van der Waals surface area contributed by atoms with Crippen LogP contribution in [0.2, 0.25) is 0 Å². The molecule has 3 heterocycles. The van der Waals surface area contributed by atoms with Crippen molar-refractivity contribution in [1.82, 2.24) is 0 Å². The summed E-state index contributed by atoms with van der Waals surface area (Å²) in [5.74, 6) is 0. The van der Waals surface area contributed by atoms with E-state index < -0.39 is 0 Å². The molecule has 0 fully saturated rings. The minimum atomic E-state index is 0.822. The van der Waals surface area contributed by atoms with Crippen molar-refractivity contribution in [3.63, 3.8) is 0 Å². The highest BCUT2D eigenvalue weighted by molar-refractivity contribution is 6.20. The normalized spacial score (nSPS) is 11.8. The second kappa shape index (κ2) is 14.5. The van der Waals surface area contributed by atoms with Gasteiger partial charge in [0.2, 0.25) is 0 Å². The Morgan fingerprint density at radius 3 is 1.44 bits per heavy atom. The van der Waals surface area contributed by atoms with Gasteiger partial charge >= 0.3 is 0 Å². The largest absolute Gasteiger partial charge is 0.456 e. The molecule has 0 radical (unpaired) electrons. The third kappa shape index (κ3) is 5.77. The molecule has 10 aromatic carbocycles. The van der Waals surface area contributed by atoms with Crippen LogP contribution >= 0.6 is 0 Å². The van der Waals surface area contributed by atoms with Gasteiger partial charge in [-0.3, -0.25) is 0 Å². The first-order valence-corrected chi connectivity index (χ1v) is 21.7. The summed E-state index contributed by atoms with van der Waals surface area (Å²) in [6, 6.07) is 79.0. The predicted molar refractivity (Wildman–Crippen MR) is 265 cm³/mol. The zero-order valence-corrected chi connectivity index (χ0v) is 34.5. The van der Waals surface area contributed by atoms with E-state index in [9.17, 15) is 0 Å². The number of hydrogen-bond donors (Lipinski definition) is 0. The van der Waals surface area contributed by atoms with Crippen LogP contribution in [0.25, 0.3) is 110 Å². The highest BCUT2D eigenvalue weighted by Crippen LogP contribution is 2.49. The summed E-state index contributed by atoms with van der Waals surface area (Å²) in [4.78, 5) is 2.37. The molecule has 13 rings (SSSR count). The Kier molecular flexibility index (Phi) is 8.18. The highest BCUT2D eigenvalue weighted by atomic mass is 16.3. The average Bonchev–Trinajstić information content (AvgIpc) is 4.06. The Morgan fingerprint density at radius 1 is 0.266 bits per heavy atom. The second-order valence-corrected chi connectivity index (χ2v) is 16.4. The van der Waals surface area contributed by atoms with Crippen molar-refractivity contribution >= 4 is 82.9 Å². The van der Waals surface area contributed by atoms with E-state index in [1.54, 1.807) is 0 Å². The van der Waals surface area contributed by atoms with Crippen LogP contribution in [0.5, 0.6) is 0 Å². The number of benzene rings is 10. The monoisotopic (exact) mass is 819 g/mol. The first kappa shape index (κ1) is 36.1. The van der Waals surface area contributed by atoms with Crippen molar-refractivity contribution in [2.45, 2.75) is 0 Å². The van der Waals surface area contributed by atoms with Crippen molar-refractivity contribution in [2.24, 2.45) is 0 Å². The van der Waals surface area contributed by atoms with Gasteiger partial charge in [0.25, 0.3) is 0 Å². The molecule has 0 aliphatic heterocycles. The van der Waals surface area contributed by atoms with Crippen LogP contribution in [0.4, 0.5) is 17.1 Å². The van der Waals surface area contributed by atoms with E-state index in [0.717, 1.165) is 127 Å². The molecule has 0 N–H and O–H groups in total. The summed E-state index contributed by atoms with van der Waals surface area (Å²) in [5.41, 5.74) is 16.8. The first-order chi connectivity index (χ1) is 31.7. The minimum absolute atomic E-state index is 0.822. The molecular formula is C60H37NO3. The maximum atomic E-state index is 7.06. The van der Waals surface area contributed by atoms with Gasteiger partial charge in [-0.05, 0) is 106 Å². The molecule has 0 bridgehead atoms. The summed E-state index contributed by atoms with van der Waals surface area (Å²) in [6.45, 7) is 0. The number of fused-ring (bicyclic) bond motifs is 9. The minimum Gasteiger partial charge on any atom is -0.456 e. The molecule has 0 amide bonds. The maximum absolute atomic E-state index is 7.06. The van der Waals surface area contributed by atoms with Gasteiger partial charge in [0.05, 0.1) is 11.1 Å². The molecule has 13 aromatic rings. The fourth-order valence-corrected chi connectivity index (χ4v) is 9.69. The highest BCUT2D eigenvalue weighted by Gasteiger charge is 2.25. The molecule has 300 valence electrons. The van der Waals surface area contributed by atoms with Crippen molar-refractivity contribution in [3.8, 4) is 44.5 Å². The zero-order chi connectivity index (χ0) is 42.1. The van der Waals surface area contributed by atoms with E-state index >= 15 is 0 Å². The van der Waals surface area contributed by atoms with Crippen molar-refractivity contribution in [3.05, 3.63) is 224 Å². The van der Waals surface area contributed by atoms with Gasteiger partial charge in [-0.15, -0.1) is 0 Å². The van der Waals surface area contributed by atoms with Crippen molar-refractivity contribution < 1.29 is 13.3 Å². The molecule has 64 heavy (non-hydrogen) atoms. The summed E-state index contributed by atoms with van der Waals surface area (Å²) >= 11 is 0. The third-order valence-electron chi connectivity index (χ3n) is 12.7. The molecule has 0 saturated carbocycles. The fourth-order valence-electron chi connectivity index (χ4n) is 9.69. The van der Waals surface area contributed by atoms with Crippen LogP contribution in [0.15, 0.2) is 238 Å². The predicted octanol–water partition coefficient (Wildman–Crippen LogP) is 17.5. The molecular weight excluding hydrogens is 783 g/mol. The maximum Gasteiger partial charge on any atom is 0.145 e. The van der Waals surface area contributed by atoms with Gasteiger partial charge in [0.1, 0.15) is 33.5 Å². The smallest absolute Gasteiger partial charge is 0.145 e. The van der Waals surface area contributed by atoms with Gasteiger partial charge in [-0.25, -0.2) is 0 Å². The Hall–Kier alpha value is -8.60. The number of rotatable bonds is 7. The van der Waals surface area contributed by atoms with Crippen LogP contribution < -0.4 is 4.90 Å². The van der Waals surface area contributed by atoms with Crippen LogP contribution in [-0.2, 0) is 0 Å². The van der Waals surface area contributed by atoms with E-state index in [-0.39, 0.29) is 0 Å². The number of nitrogens with zero attached hydrogens (tertiary/aromatic N) is 1. The molecule has 4 heteroatoms. The second-order valence-electron chi connectivity index (χ2n) is 16.4. The lowest BCUT2D eigenvalue weighted by atomic mass is 9.94. The average molecular weight is 820 g/mol. The van der Waals surface area contributed by atoms with Crippen molar-refractivity contribution in [2.75, 3.05) is 4.90 Å². The van der Waals surface area contributed by atoms with Gasteiger partial charge in [-0.2, -0.15) is 0 Å². The van der Waals surface area contributed by atoms with E-state index in [1.807, 2.05) is 18.2 Å². The van der Waals surface area contributed by atoms with E-state index in [0.29, 0.717) is 0 Å². The molecule has 0 aliphatic rings. The molecule has 0 atom stereocenters. The third-order valence-corrected chi connectivity index (χ3v) is 12.7. The molecule has 3 aromatic heterocycles. The van der Waals surface area contributed by atoms with Crippen LogP contribution in [0.3, 0.4) is 0 Å². The van der Waals surface area contributed by atoms with Crippen molar-refractivity contribution in [1.29, 1.82) is 0 Å². The van der Waals surface area contributed by atoms with Gasteiger partial charge < -0.3 is 18.2 Å². The Balaban J connectivity index is 1.11. The van der Waals surface area contributed by atoms with Crippen LogP contribution in [-0.4, -0.2) is 0 Å². The lowest BCUT2D eigenvalue weighted by Crippen LogP contribution is -2.10. The first-order valence-electron chi connectivity index (χ1n) is 21.7. The summed E-state index contributed by atoms with van der Waals surface area (Å²) < 4.78 is 20.4. The Labute approximate surface area is 368 Å². The van der Waals surface area contributed by atoms with E-state index in [2.05, 4.69) is 211 Å². The quantitative estimate of drug-likeness (QED) is 0.161. The number of para-hydroxylation sites is 1. The summed E-state index contributed by atoms with van der Waals surface area (Å²) in [7, 11) is 0. The SMILES string of the molecule is c1ccc(-c2ccc3c(c2)oc2c(-c4ccccc4)ccc(N(c4ccc5oc6ccccc6c5c4)c4ccc5oc6c(-c7ccccc7)ccc(-c7ccccc7)c6c5c4)c23)cc1.